The molecule has 0 radical (unpaired) electrons. The van der Waals surface area contributed by atoms with Crippen LogP contribution in [0.2, 0.25) is 0 Å². The van der Waals surface area contributed by atoms with Gasteiger partial charge in [0.25, 0.3) is 0 Å². The summed E-state index contributed by atoms with van der Waals surface area (Å²) in [5.74, 6) is 2.72. The van der Waals surface area contributed by atoms with Crippen LogP contribution in [0.1, 0.15) is 33.1 Å². The molecule has 1 aromatic rings. The fourth-order valence-corrected chi connectivity index (χ4v) is 3.19. The number of hydrogen-bond acceptors (Lipinski definition) is 4. The molecule has 1 aromatic carbocycles. The van der Waals surface area contributed by atoms with Gasteiger partial charge in [0, 0.05) is 17.8 Å². The van der Waals surface area contributed by atoms with Crippen molar-refractivity contribution in [3.05, 3.63) is 18.2 Å². The van der Waals surface area contributed by atoms with Crippen LogP contribution in [0.15, 0.2) is 18.2 Å². The summed E-state index contributed by atoms with van der Waals surface area (Å²) in [6.45, 7) is 4.91. The molecular formula is C17H27NO3. The van der Waals surface area contributed by atoms with Crippen LogP contribution in [0.25, 0.3) is 0 Å². The van der Waals surface area contributed by atoms with E-state index in [9.17, 15) is 0 Å². The van der Waals surface area contributed by atoms with E-state index in [0.29, 0.717) is 29.4 Å². The Labute approximate surface area is 127 Å². The van der Waals surface area contributed by atoms with Gasteiger partial charge in [0.15, 0.2) is 11.5 Å². The van der Waals surface area contributed by atoms with Crippen molar-refractivity contribution in [2.75, 3.05) is 25.6 Å². The molecule has 0 amide bonds. The highest BCUT2D eigenvalue weighted by Gasteiger charge is 2.27. The first-order chi connectivity index (χ1) is 10.2. The van der Waals surface area contributed by atoms with Gasteiger partial charge in [0.1, 0.15) is 6.61 Å². The first kappa shape index (κ1) is 16.0. The van der Waals surface area contributed by atoms with Crippen LogP contribution < -0.4 is 14.8 Å². The summed E-state index contributed by atoms with van der Waals surface area (Å²) < 4.78 is 10.8. The lowest BCUT2D eigenvalue weighted by molar-refractivity contribution is 0.196. The average molecular weight is 293 g/mol. The number of anilines is 1. The van der Waals surface area contributed by atoms with Gasteiger partial charge in [0.2, 0.25) is 0 Å². The molecule has 1 aliphatic carbocycles. The van der Waals surface area contributed by atoms with Crippen molar-refractivity contribution >= 4 is 5.69 Å². The van der Waals surface area contributed by atoms with Gasteiger partial charge in [-0.25, -0.2) is 0 Å². The Hall–Kier alpha value is -1.42. The molecular weight excluding hydrogens is 266 g/mol. The third kappa shape index (κ3) is 4.03. The van der Waals surface area contributed by atoms with Crippen LogP contribution in [0.4, 0.5) is 5.69 Å². The van der Waals surface area contributed by atoms with Gasteiger partial charge in [-0.3, -0.25) is 0 Å². The molecule has 0 aliphatic heterocycles. The van der Waals surface area contributed by atoms with Gasteiger partial charge in [-0.2, -0.15) is 0 Å². The lowest BCUT2D eigenvalue weighted by atomic mass is 9.78. The van der Waals surface area contributed by atoms with Gasteiger partial charge in [-0.15, -0.1) is 0 Å². The van der Waals surface area contributed by atoms with E-state index in [2.05, 4.69) is 19.2 Å². The Balaban J connectivity index is 2.12. The number of nitrogens with one attached hydrogen (secondary N) is 1. The Morgan fingerprint density at radius 3 is 2.52 bits per heavy atom. The summed E-state index contributed by atoms with van der Waals surface area (Å²) in [7, 11) is 1.62. The topological polar surface area (TPSA) is 50.7 Å². The Morgan fingerprint density at radius 1 is 1.19 bits per heavy atom. The summed E-state index contributed by atoms with van der Waals surface area (Å²) in [6.07, 6.45) is 3.89. The minimum atomic E-state index is -0.00248. The zero-order valence-electron chi connectivity index (χ0n) is 13.3. The number of rotatable bonds is 6. The predicted octanol–water partition coefficient (Wildman–Crippen LogP) is 3.30. The quantitative estimate of drug-likeness (QED) is 0.845. The van der Waals surface area contributed by atoms with E-state index in [1.54, 1.807) is 7.11 Å². The molecule has 2 N–H and O–H groups in total. The fourth-order valence-electron chi connectivity index (χ4n) is 3.19. The van der Waals surface area contributed by atoms with Gasteiger partial charge in [0.05, 0.1) is 13.7 Å². The van der Waals surface area contributed by atoms with E-state index in [0.717, 1.165) is 5.69 Å². The molecule has 1 saturated carbocycles. The SMILES string of the molecule is COc1ccc(NC2C(C)CCCC2C)cc1OCCO. The van der Waals surface area contributed by atoms with Crippen molar-refractivity contribution < 1.29 is 14.6 Å². The molecule has 1 fully saturated rings. The molecule has 4 heteroatoms. The summed E-state index contributed by atoms with van der Waals surface area (Å²) in [6, 6.07) is 6.40. The number of benzene rings is 1. The van der Waals surface area contributed by atoms with E-state index < -0.39 is 0 Å². The highest BCUT2D eigenvalue weighted by Crippen LogP contribution is 2.34. The van der Waals surface area contributed by atoms with Gasteiger partial charge in [-0.05, 0) is 36.8 Å². The van der Waals surface area contributed by atoms with Crippen molar-refractivity contribution in [1.29, 1.82) is 0 Å². The smallest absolute Gasteiger partial charge is 0.163 e. The Bertz CT molecular complexity index is 440. The molecule has 0 heterocycles. The number of methoxy groups -OCH3 is 1. The number of hydrogen-bond donors (Lipinski definition) is 2. The maximum Gasteiger partial charge on any atom is 0.163 e. The average Bonchev–Trinajstić information content (AvgIpc) is 2.49. The fraction of sp³-hybridized carbons (Fsp3) is 0.647. The van der Waals surface area contributed by atoms with Crippen molar-refractivity contribution in [2.45, 2.75) is 39.2 Å². The van der Waals surface area contributed by atoms with Crippen LogP contribution in [-0.4, -0.2) is 31.5 Å². The summed E-state index contributed by atoms with van der Waals surface area (Å²) in [4.78, 5) is 0. The van der Waals surface area contributed by atoms with E-state index in [1.807, 2.05) is 18.2 Å². The Morgan fingerprint density at radius 2 is 1.90 bits per heavy atom. The van der Waals surface area contributed by atoms with Crippen molar-refractivity contribution in [3.8, 4) is 11.5 Å². The summed E-state index contributed by atoms with van der Waals surface area (Å²) >= 11 is 0. The number of aliphatic hydroxyl groups is 1. The molecule has 1 aliphatic rings. The summed E-state index contributed by atoms with van der Waals surface area (Å²) in [5.41, 5.74) is 1.05. The highest BCUT2D eigenvalue weighted by molar-refractivity contribution is 5.55. The Kier molecular flexibility index (Phi) is 5.74. The van der Waals surface area contributed by atoms with Crippen LogP contribution in [0, 0.1) is 11.8 Å². The lowest BCUT2D eigenvalue weighted by Crippen LogP contribution is -2.37. The first-order valence-electron chi connectivity index (χ1n) is 7.84. The second kappa shape index (κ2) is 7.55. The monoisotopic (exact) mass is 293 g/mol. The summed E-state index contributed by atoms with van der Waals surface area (Å²) in [5, 5.41) is 12.6. The minimum absolute atomic E-state index is 0.00248. The van der Waals surface area contributed by atoms with Crippen LogP contribution in [-0.2, 0) is 0 Å². The number of ether oxygens (including phenoxy) is 2. The van der Waals surface area contributed by atoms with E-state index in [4.69, 9.17) is 14.6 Å². The second-order valence-corrected chi connectivity index (χ2v) is 5.99. The number of aliphatic hydroxyl groups excluding tert-OH is 1. The molecule has 21 heavy (non-hydrogen) atoms. The molecule has 0 aromatic heterocycles. The zero-order valence-corrected chi connectivity index (χ0v) is 13.3. The van der Waals surface area contributed by atoms with Crippen LogP contribution in [0.3, 0.4) is 0 Å². The third-order valence-corrected chi connectivity index (χ3v) is 4.39. The largest absolute Gasteiger partial charge is 0.493 e. The minimum Gasteiger partial charge on any atom is -0.493 e. The van der Waals surface area contributed by atoms with Gasteiger partial charge >= 0.3 is 0 Å². The standard InChI is InChI=1S/C17H27NO3/c1-12-5-4-6-13(2)17(12)18-14-7-8-15(20-3)16(11-14)21-10-9-19/h7-8,11-13,17-19H,4-6,9-10H2,1-3H3. The molecule has 2 unspecified atom stereocenters. The van der Waals surface area contributed by atoms with Crippen molar-refractivity contribution in [2.24, 2.45) is 11.8 Å². The van der Waals surface area contributed by atoms with Crippen molar-refractivity contribution in [1.82, 2.24) is 0 Å². The maximum absolute atomic E-state index is 8.91. The molecule has 0 bridgehead atoms. The van der Waals surface area contributed by atoms with E-state index in [-0.39, 0.29) is 13.2 Å². The van der Waals surface area contributed by atoms with E-state index in [1.165, 1.54) is 19.3 Å². The van der Waals surface area contributed by atoms with Gasteiger partial charge < -0.3 is 19.9 Å². The molecule has 118 valence electrons. The predicted molar refractivity (Wildman–Crippen MR) is 85.2 cm³/mol. The maximum atomic E-state index is 8.91. The normalized spacial score (nSPS) is 25.4. The zero-order chi connectivity index (χ0) is 15.2. The molecule has 0 spiro atoms. The first-order valence-corrected chi connectivity index (χ1v) is 7.84. The molecule has 2 atom stereocenters. The molecule has 4 nitrogen and oxygen atoms in total. The molecule has 0 saturated heterocycles. The third-order valence-electron chi connectivity index (χ3n) is 4.39. The molecule has 2 rings (SSSR count). The van der Waals surface area contributed by atoms with Crippen LogP contribution in [0.5, 0.6) is 11.5 Å². The highest BCUT2D eigenvalue weighted by atomic mass is 16.5. The van der Waals surface area contributed by atoms with Crippen LogP contribution >= 0.6 is 0 Å². The van der Waals surface area contributed by atoms with Crippen molar-refractivity contribution in [3.63, 3.8) is 0 Å². The van der Waals surface area contributed by atoms with Gasteiger partial charge in [-0.1, -0.05) is 20.3 Å². The lowest BCUT2D eigenvalue weighted by Gasteiger charge is -2.36. The second-order valence-electron chi connectivity index (χ2n) is 5.99. The van der Waals surface area contributed by atoms with E-state index >= 15 is 0 Å².